The monoisotopic (exact) mass is 208 g/mol. The van der Waals surface area contributed by atoms with Gasteiger partial charge in [0.15, 0.2) is 0 Å². The van der Waals surface area contributed by atoms with E-state index in [1.807, 2.05) is 10.8 Å². The molecule has 5 heteroatoms. The second-order valence-electron chi connectivity index (χ2n) is 4.05. The van der Waals surface area contributed by atoms with Crippen LogP contribution in [-0.2, 0) is 0 Å². The fraction of sp³-hybridized carbons (Fsp3) is 0.600. The lowest BCUT2D eigenvalue weighted by molar-refractivity contribution is 0.216. The Balaban J connectivity index is 2.32. The molecule has 2 rings (SSSR count). The molecular weight excluding hydrogens is 192 g/mol. The van der Waals surface area contributed by atoms with Crippen LogP contribution in [0.4, 0.5) is 0 Å². The average Bonchev–Trinajstić information content (AvgIpc) is 2.65. The number of rotatable bonds is 2. The molecule has 1 aromatic rings. The first-order chi connectivity index (χ1) is 7.18. The molecule has 5 nitrogen and oxygen atoms in total. The van der Waals surface area contributed by atoms with Crippen molar-refractivity contribution in [2.45, 2.75) is 26.0 Å². The van der Waals surface area contributed by atoms with Crippen molar-refractivity contribution in [2.75, 3.05) is 13.1 Å². The van der Waals surface area contributed by atoms with Crippen molar-refractivity contribution in [1.29, 1.82) is 0 Å². The highest BCUT2D eigenvalue weighted by Gasteiger charge is 2.16. The molecule has 0 bridgehead atoms. The maximum atomic E-state index is 9.52. The van der Waals surface area contributed by atoms with Crippen LogP contribution in [0.2, 0.25) is 0 Å². The van der Waals surface area contributed by atoms with Crippen LogP contribution in [0.1, 0.15) is 25.6 Å². The molecular formula is C10H16N4O. The van der Waals surface area contributed by atoms with Gasteiger partial charge in [-0.1, -0.05) is 5.21 Å². The normalized spacial score (nSPS) is 21.9. The number of aromatic nitrogens is 3. The van der Waals surface area contributed by atoms with Crippen molar-refractivity contribution in [3.63, 3.8) is 0 Å². The zero-order valence-electron chi connectivity index (χ0n) is 9.01. The summed E-state index contributed by atoms with van der Waals surface area (Å²) in [6, 6.07) is 0.280. The maximum absolute atomic E-state index is 9.52. The highest BCUT2D eigenvalue weighted by Crippen LogP contribution is 2.18. The molecule has 0 amide bonds. The van der Waals surface area contributed by atoms with Gasteiger partial charge < -0.3 is 10.4 Å². The predicted molar refractivity (Wildman–Crippen MR) is 57.3 cm³/mol. The molecule has 1 aliphatic rings. The molecule has 2 heterocycles. The van der Waals surface area contributed by atoms with Crippen molar-refractivity contribution in [1.82, 2.24) is 20.3 Å². The van der Waals surface area contributed by atoms with Gasteiger partial charge in [0.1, 0.15) is 0 Å². The molecule has 0 saturated heterocycles. The van der Waals surface area contributed by atoms with E-state index >= 15 is 0 Å². The first-order valence-electron chi connectivity index (χ1n) is 5.18. The topological polar surface area (TPSA) is 63.0 Å². The third kappa shape index (κ3) is 2.08. The Bertz CT molecular complexity index is 369. The summed E-state index contributed by atoms with van der Waals surface area (Å²) in [5, 5.41) is 20.6. The molecule has 2 N–H and O–H groups in total. The van der Waals surface area contributed by atoms with Gasteiger partial charge in [0.25, 0.3) is 0 Å². The summed E-state index contributed by atoms with van der Waals surface area (Å²) in [6.45, 7) is 5.50. The second kappa shape index (κ2) is 4.12. The van der Waals surface area contributed by atoms with Gasteiger partial charge in [0, 0.05) is 19.1 Å². The number of aliphatic hydroxyl groups excluding tert-OH is 1. The summed E-state index contributed by atoms with van der Waals surface area (Å²) >= 11 is 0. The van der Waals surface area contributed by atoms with Crippen LogP contribution in [0.15, 0.2) is 12.3 Å². The van der Waals surface area contributed by atoms with E-state index in [0.717, 1.165) is 17.8 Å². The van der Waals surface area contributed by atoms with Crippen molar-refractivity contribution in [3.8, 4) is 0 Å². The van der Waals surface area contributed by atoms with Crippen LogP contribution in [0.25, 0.3) is 5.57 Å². The third-order valence-corrected chi connectivity index (χ3v) is 2.46. The lowest BCUT2D eigenvalue weighted by Crippen LogP contribution is -2.32. The molecule has 1 unspecified atom stereocenters. The van der Waals surface area contributed by atoms with Crippen LogP contribution < -0.4 is 5.32 Å². The molecule has 15 heavy (non-hydrogen) atoms. The SMILES string of the molecule is CC(C)n1nncc1C1=CC(O)CNC1. The molecule has 0 fully saturated rings. The Morgan fingerprint density at radius 2 is 2.40 bits per heavy atom. The van der Waals surface area contributed by atoms with Crippen LogP contribution in [0.5, 0.6) is 0 Å². The zero-order valence-corrected chi connectivity index (χ0v) is 9.01. The molecule has 0 radical (unpaired) electrons. The van der Waals surface area contributed by atoms with Crippen LogP contribution in [0.3, 0.4) is 0 Å². The molecule has 1 aromatic heterocycles. The molecule has 0 aromatic carbocycles. The number of hydrogen-bond donors (Lipinski definition) is 2. The number of hydrogen-bond acceptors (Lipinski definition) is 4. The van der Waals surface area contributed by atoms with Gasteiger partial charge in [0.2, 0.25) is 0 Å². The fourth-order valence-corrected chi connectivity index (χ4v) is 1.74. The van der Waals surface area contributed by atoms with Crippen LogP contribution >= 0.6 is 0 Å². The average molecular weight is 208 g/mol. The fourth-order valence-electron chi connectivity index (χ4n) is 1.74. The van der Waals surface area contributed by atoms with Crippen molar-refractivity contribution in [2.24, 2.45) is 0 Å². The lowest BCUT2D eigenvalue weighted by Gasteiger charge is -2.19. The van der Waals surface area contributed by atoms with E-state index in [4.69, 9.17) is 0 Å². The standard InChI is InChI=1S/C10H16N4O/c1-7(2)14-10(6-12-13-14)8-3-9(15)5-11-4-8/h3,6-7,9,11,15H,4-5H2,1-2H3. The van der Waals surface area contributed by atoms with Gasteiger partial charge in [0.05, 0.1) is 18.0 Å². The molecule has 1 aliphatic heterocycles. The Kier molecular flexibility index (Phi) is 2.83. The molecule has 0 saturated carbocycles. The van der Waals surface area contributed by atoms with Gasteiger partial charge in [-0.15, -0.1) is 5.10 Å². The summed E-state index contributed by atoms with van der Waals surface area (Å²) < 4.78 is 1.87. The van der Waals surface area contributed by atoms with Crippen LogP contribution in [-0.4, -0.2) is 39.3 Å². The van der Waals surface area contributed by atoms with E-state index in [1.54, 1.807) is 6.20 Å². The van der Waals surface area contributed by atoms with E-state index in [-0.39, 0.29) is 6.04 Å². The van der Waals surface area contributed by atoms with Gasteiger partial charge in [-0.2, -0.15) is 0 Å². The minimum absolute atomic E-state index is 0.280. The number of β-amino-alcohol motifs (C(OH)–C–C–N with tert-alkyl or cyclic N) is 1. The van der Waals surface area contributed by atoms with E-state index in [0.29, 0.717) is 6.54 Å². The maximum Gasteiger partial charge on any atom is 0.0859 e. The molecule has 82 valence electrons. The smallest absolute Gasteiger partial charge is 0.0859 e. The first kappa shape index (κ1) is 10.3. The Labute approximate surface area is 88.8 Å². The van der Waals surface area contributed by atoms with Crippen molar-refractivity contribution in [3.05, 3.63) is 18.0 Å². The molecule has 0 aliphatic carbocycles. The molecule has 0 spiro atoms. The Morgan fingerprint density at radius 3 is 3.07 bits per heavy atom. The van der Waals surface area contributed by atoms with Gasteiger partial charge >= 0.3 is 0 Å². The first-order valence-corrected chi connectivity index (χ1v) is 5.18. The predicted octanol–water partition coefficient (Wildman–Crippen LogP) is 0.206. The Morgan fingerprint density at radius 1 is 1.60 bits per heavy atom. The highest BCUT2D eigenvalue weighted by molar-refractivity contribution is 5.65. The molecule has 1 atom stereocenters. The lowest BCUT2D eigenvalue weighted by atomic mass is 10.1. The van der Waals surface area contributed by atoms with Crippen molar-refractivity contribution >= 4 is 5.57 Å². The number of nitrogens with zero attached hydrogens (tertiary/aromatic N) is 3. The Hall–Kier alpha value is -1.20. The summed E-state index contributed by atoms with van der Waals surface area (Å²) in [6.07, 6.45) is 3.20. The highest BCUT2D eigenvalue weighted by atomic mass is 16.3. The van der Waals surface area contributed by atoms with Gasteiger partial charge in [-0.05, 0) is 25.5 Å². The summed E-state index contributed by atoms with van der Waals surface area (Å²) in [4.78, 5) is 0. The second-order valence-corrected chi connectivity index (χ2v) is 4.05. The summed E-state index contributed by atoms with van der Waals surface area (Å²) in [7, 11) is 0. The van der Waals surface area contributed by atoms with E-state index in [1.165, 1.54) is 0 Å². The van der Waals surface area contributed by atoms with Gasteiger partial charge in [-0.25, -0.2) is 4.68 Å². The third-order valence-electron chi connectivity index (χ3n) is 2.46. The van der Waals surface area contributed by atoms with E-state index < -0.39 is 6.10 Å². The zero-order chi connectivity index (χ0) is 10.8. The number of nitrogens with one attached hydrogen (secondary N) is 1. The number of aliphatic hydroxyl groups is 1. The minimum Gasteiger partial charge on any atom is -0.388 e. The van der Waals surface area contributed by atoms with E-state index in [9.17, 15) is 5.11 Å². The van der Waals surface area contributed by atoms with E-state index in [2.05, 4.69) is 29.5 Å². The summed E-state index contributed by atoms with van der Waals surface area (Å²) in [5.41, 5.74) is 2.05. The van der Waals surface area contributed by atoms with Crippen molar-refractivity contribution < 1.29 is 5.11 Å². The largest absolute Gasteiger partial charge is 0.388 e. The van der Waals surface area contributed by atoms with Crippen LogP contribution in [0, 0.1) is 0 Å². The minimum atomic E-state index is -0.413. The summed E-state index contributed by atoms with van der Waals surface area (Å²) in [5.74, 6) is 0. The quantitative estimate of drug-likeness (QED) is 0.729. The van der Waals surface area contributed by atoms with Gasteiger partial charge in [-0.3, -0.25) is 0 Å².